The smallest absolute Gasteiger partial charge is 0.246 e. The van der Waals surface area contributed by atoms with Crippen LogP contribution in [0.25, 0.3) is 11.7 Å². The highest BCUT2D eigenvalue weighted by Crippen LogP contribution is 2.36. The van der Waals surface area contributed by atoms with Gasteiger partial charge in [-0.25, -0.2) is 18.3 Å². The van der Waals surface area contributed by atoms with Crippen LogP contribution >= 0.6 is 0 Å². The Morgan fingerprint density at radius 2 is 1.97 bits per heavy atom. The van der Waals surface area contributed by atoms with Crippen LogP contribution in [0.1, 0.15) is 36.9 Å². The Kier molecular flexibility index (Phi) is 6.28. The lowest BCUT2D eigenvalue weighted by atomic mass is 10.0. The predicted octanol–water partition coefficient (Wildman–Crippen LogP) is 3.53. The number of likely N-dealkylation sites (N-methyl/N-ethyl adjacent to an activating group) is 1. The summed E-state index contributed by atoms with van der Waals surface area (Å²) in [5.74, 6) is -0.204. The molecule has 1 aromatic carbocycles. The molecule has 178 valence electrons. The lowest BCUT2D eigenvalue weighted by Gasteiger charge is -2.33. The van der Waals surface area contributed by atoms with Gasteiger partial charge in [0.2, 0.25) is 5.91 Å². The van der Waals surface area contributed by atoms with Crippen molar-refractivity contribution in [2.75, 3.05) is 44.2 Å². The van der Waals surface area contributed by atoms with Crippen LogP contribution < -0.4 is 4.90 Å². The topological polar surface area (TPSA) is 57.0 Å². The van der Waals surface area contributed by atoms with Crippen molar-refractivity contribution >= 4 is 23.4 Å². The average molecular weight is 467 g/mol. The van der Waals surface area contributed by atoms with Crippen LogP contribution in [0.15, 0.2) is 42.7 Å². The molecule has 9 heteroatoms. The van der Waals surface area contributed by atoms with Gasteiger partial charge >= 0.3 is 0 Å². The molecule has 7 nitrogen and oxygen atoms in total. The fourth-order valence-corrected chi connectivity index (χ4v) is 4.84. The summed E-state index contributed by atoms with van der Waals surface area (Å²) < 4.78 is 29.9. The van der Waals surface area contributed by atoms with Crippen molar-refractivity contribution in [1.82, 2.24) is 24.4 Å². The fraction of sp³-hybridized carbons (Fsp3) is 0.400. The Morgan fingerprint density at radius 3 is 2.76 bits per heavy atom. The van der Waals surface area contributed by atoms with E-state index in [0.717, 1.165) is 57.2 Å². The van der Waals surface area contributed by atoms with E-state index in [1.54, 1.807) is 29.1 Å². The number of fused-ring (bicyclic) bond motifs is 1. The number of piperazine rings is 1. The number of carbonyl (C=O) groups excluding carboxylic acids is 1. The van der Waals surface area contributed by atoms with Crippen LogP contribution in [-0.2, 0) is 4.79 Å². The predicted molar refractivity (Wildman–Crippen MR) is 126 cm³/mol. The highest BCUT2D eigenvalue weighted by molar-refractivity contribution is 5.92. The van der Waals surface area contributed by atoms with Crippen LogP contribution in [0.5, 0.6) is 0 Å². The molecule has 2 aliphatic heterocycles. The number of amides is 1. The van der Waals surface area contributed by atoms with E-state index in [1.165, 1.54) is 12.1 Å². The number of benzene rings is 1. The quantitative estimate of drug-likeness (QED) is 0.539. The number of anilines is 1. The molecule has 0 bridgehead atoms. The Balaban J connectivity index is 1.37. The zero-order valence-electron chi connectivity index (χ0n) is 19.2. The van der Waals surface area contributed by atoms with E-state index in [4.69, 9.17) is 4.98 Å². The molecule has 34 heavy (non-hydrogen) atoms. The molecule has 4 heterocycles. The monoisotopic (exact) mass is 466 g/mol. The SMILES string of the molecule is CCN1CCN(C(=O)C=Cc2cnn3ccc(N4CCC[C@@H]4c4cc(F)ccc4F)nc23)CC1. The van der Waals surface area contributed by atoms with Crippen LogP contribution in [0.2, 0.25) is 0 Å². The summed E-state index contributed by atoms with van der Waals surface area (Å²) in [5.41, 5.74) is 1.69. The number of nitrogens with zero attached hydrogens (tertiary/aromatic N) is 6. The fourth-order valence-electron chi connectivity index (χ4n) is 4.84. The number of hydrogen-bond acceptors (Lipinski definition) is 5. The van der Waals surface area contributed by atoms with Gasteiger partial charge in [0.05, 0.1) is 12.2 Å². The second-order valence-corrected chi connectivity index (χ2v) is 8.76. The van der Waals surface area contributed by atoms with Gasteiger partial charge in [0.25, 0.3) is 0 Å². The Labute approximate surface area is 197 Å². The third-order valence-corrected chi connectivity index (χ3v) is 6.78. The molecular weight excluding hydrogens is 438 g/mol. The van der Waals surface area contributed by atoms with Gasteiger partial charge in [0.1, 0.15) is 17.5 Å². The van der Waals surface area contributed by atoms with E-state index in [0.29, 0.717) is 23.6 Å². The van der Waals surface area contributed by atoms with Crippen molar-refractivity contribution in [2.24, 2.45) is 0 Å². The van der Waals surface area contributed by atoms with Crippen LogP contribution in [0.3, 0.4) is 0 Å². The maximum atomic E-state index is 14.5. The zero-order chi connectivity index (χ0) is 23.7. The number of aromatic nitrogens is 3. The number of carbonyl (C=O) groups is 1. The first kappa shape index (κ1) is 22.5. The lowest BCUT2D eigenvalue weighted by Crippen LogP contribution is -2.48. The number of rotatable bonds is 5. The molecule has 1 atom stereocenters. The molecule has 1 amide bonds. The Hall–Kier alpha value is -3.33. The first-order valence-electron chi connectivity index (χ1n) is 11.8. The third kappa shape index (κ3) is 4.40. The van der Waals surface area contributed by atoms with Gasteiger partial charge in [-0.2, -0.15) is 5.10 Å². The molecule has 0 radical (unpaired) electrons. The summed E-state index contributed by atoms with van der Waals surface area (Å²) in [6, 6.07) is 5.14. The molecule has 0 unspecified atom stereocenters. The first-order chi connectivity index (χ1) is 16.5. The number of halogens is 2. The van der Waals surface area contributed by atoms with Crippen LogP contribution in [0, 0.1) is 11.6 Å². The molecule has 0 saturated carbocycles. The van der Waals surface area contributed by atoms with Crippen molar-refractivity contribution in [2.45, 2.75) is 25.8 Å². The largest absolute Gasteiger partial charge is 0.349 e. The minimum atomic E-state index is -0.448. The summed E-state index contributed by atoms with van der Waals surface area (Å²) in [7, 11) is 0. The molecule has 0 spiro atoms. The van der Waals surface area contributed by atoms with E-state index in [-0.39, 0.29) is 11.9 Å². The average Bonchev–Trinajstić information content (AvgIpc) is 3.51. The third-order valence-electron chi connectivity index (χ3n) is 6.78. The van der Waals surface area contributed by atoms with Crippen molar-refractivity contribution in [3.8, 4) is 0 Å². The molecule has 2 aliphatic rings. The second-order valence-electron chi connectivity index (χ2n) is 8.76. The number of hydrogen-bond donors (Lipinski definition) is 0. The zero-order valence-corrected chi connectivity index (χ0v) is 19.2. The van der Waals surface area contributed by atoms with Crippen molar-refractivity contribution in [3.05, 3.63) is 65.5 Å². The molecule has 2 fully saturated rings. The maximum Gasteiger partial charge on any atom is 0.246 e. The highest BCUT2D eigenvalue weighted by atomic mass is 19.1. The molecule has 3 aromatic rings. The summed E-state index contributed by atoms with van der Waals surface area (Å²) in [6.45, 7) is 7.05. The minimum Gasteiger partial charge on any atom is -0.349 e. The van der Waals surface area contributed by atoms with E-state index >= 15 is 0 Å². The van der Waals surface area contributed by atoms with Gasteiger partial charge in [-0.1, -0.05) is 6.92 Å². The highest BCUT2D eigenvalue weighted by Gasteiger charge is 2.30. The standard InChI is InChI=1S/C25H28F2N6O/c1-2-30-12-14-31(15-13-30)24(34)8-5-18-17-28-33-11-9-23(29-25(18)33)32-10-3-4-22(32)20-16-19(26)6-7-21(20)27/h5-9,11,16-17,22H,2-4,10,12-15H2,1H3/t22-/m1/s1. The summed E-state index contributed by atoms with van der Waals surface area (Å²) in [6.07, 6.45) is 8.39. The maximum absolute atomic E-state index is 14.5. The lowest BCUT2D eigenvalue weighted by molar-refractivity contribution is -0.127. The van der Waals surface area contributed by atoms with E-state index < -0.39 is 11.6 Å². The Bertz CT molecular complexity index is 1220. The summed E-state index contributed by atoms with van der Waals surface area (Å²) in [5, 5.41) is 4.34. The molecular formula is C25H28F2N6O. The van der Waals surface area contributed by atoms with Gasteiger partial charge in [-0.05, 0) is 49.7 Å². The van der Waals surface area contributed by atoms with Gasteiger partial charge in [0.15, 0.2) is 5.65 Å². The molecule has 2 aromatic heterocycles. The summed E-state index contributed by atoms with van der Waals surface area (Å²) in [4.78, 5) is 23.6. The van der Waals surface area contributed by atoms with Crippen LogP contribution in [-0.4, -0.2) is 69.6 Å². The van der Waals surface area contributed by atoms with Crippen LogP contribution in [0.4, 0.5) is 14.6 Å². The van der Waals surface area contributed by atoms with Gasteiger partial charge in [-0.3, -0.25) is 4.79 Å². The van der Waals surface area contributed by atoms with Gasteiger partial charge in [-0.15, -0.1) is 0 Å². The van der Waals surface area contributed by atoms with E-state index in [2.05, 4.69) is 16.9 Å². The Morgan fingerprint density at radius 1 is 1.15 bits per heavy atom. The minimum absolute atomic E-state index is 0.0209. The van der Waals surface area contributed by atoms with Crippen molar-refractivity contribution in [1.29, 1.82) is 0 Å². The molecule has 2 saturated heterocycles. The van der Waals surface area contributed by atoms with E-state index in [9.17, 15) is 13.6 Å². The van der Waals surface area contributed by atoms with Crippen molar-refractivity contribution in [3.63, 3.8) is 0 Å². The van der Waals surface area contributed by atoms with Crippen molar-refractivity contribution < 1.29 is 13.6 Å². The first-order valence-corrected chi connectivity index (χ1v) is 11.8. The van der Waals surface area contributed by atoms with Gasteiger partial charge in [0, 0.05) is 56.1 Å². The molecule has 0 N–H and O–H groups in total. The molecule has 0 aliphatic carbocycles. The van der Waals surface area contributed by atoms with E-state index in [1.807, 2.05) is 15.9 Å². The second kappa shape index (κ2) is 9.50. The summed E-state index contributed by atoms with van der Waals surface area (Å²) >= 11 is 0. The van der Waals surface area contributed by atoms with Gasteiger partial charge < -0.3 is 14.7 Å². The molecule has 5 rings (SSSR count). The normalized spacial score (nSPS) is 19.6.